The summed E-state index contributed by atoms with van der Waals surface area (Å²) < 4.78 is 2.37. The number of benzene rings is 1. The Morgan fingerprint density at radius 2 is 1.94 bits per heavy atom. The van der Waals surface area contributed by atoms with Crippen LogP contribution in [0.2, 0.25) is 0 Å². The standard InChI is InChI=1S/C14H13Br2NS/c15-9-4-6-10(7-5-9)17-12-2-1-3-13-11(12)8-14(16)18-13/h4-8,12,17H,1-3H2. The molecule has 18 heavy (non-hydrogen) atoms. The predicted molar refractivity (Wildman–Crippen MR) is 85.5 cm³/mol. The van der Waals surface area contributed by atoms with Gasteiger partial charge in [0.15, 0.2) is 0 Å². The Morgan fingerprint density at radius 1 is 1.17 bits per heavy atom. The molecule has 0 fully saturated rings. The van der Waals surface area contributed by atoms with E-state index in [1.54, 1.807) is 0 Å². The molecular weight excluding hydrogens is 374 g/mol. The number of hydrogen-bond donors (Lipinski definition) is 1. The largest absolute Gasteiger partial charge is 0.378 e. The third-order valence-electron chi connectivity index (χ3n) is 3.27. The van der Waals surface area contributed by atoms with E-state index in [1.807, 2.05) is 11.3 Å². The first-order valence-electron chi connectivity index (χ1n) is 6.02. The topological polar surface area (TPSA) is 12.0 Å². The lowest BCUT2D eigenvalue weighted by Crippen LogP contribution is -2.15. The summed E-state index contributed by atoms with van der Waals surface area (Å²) >= 11 is 8.94. The Morgan fingerprint density at radius 3 is 2.72 bits per heavy atom. The molecule has 1 N–H and O–H groups in total. The van der Waals surface area contributed by atoms with E-state index in [0.29, 0.717) is 6.04 Å². The number of aryl methyl sites for hydroxylation is 1. The molecule has 1 aromatic carbocycles. The number of nitrogens with one attached hydrogen (secondary N) is 1. The van der Waals surface area contributed by atoms with E-state index >= 15 is 0 Å². The number of hydrogen-bond acceptors (Lipinski definition) is 2. The first-order chi connectivity index (χ1) is 8.72. The maximum absolute atomic E-state index is 3.64. The summed E-state index contributed by atoms with van der Waals surface area (Å²) in [5, 5.41) is 3.64. The predicted octanol–water partition coefficient (Wildman–Crippen LogP) is 5.76. The van der Waals surface area contributed by atoms with E-state index in [2.05, 4.69) is 67.5 Å². The lowest BCUT2D eigenvalue weighted by atomic mass is 9.94. The SMILES string of the molecule is Brc1ccc(NC2CCCc3sc(Br)cc32)cc1. The normalized spacial score (nSPS) is 18.4. The molecular formula is C14H13Br2NS. The molecule has 1 unspecified atom stereocenters. The third-order valence-corrected chi connectivity index (χ3v) is 5.51. The summed E-state index contributed by atoms with van der Waals surface area (Å²) in [6, 6.07) is 11.1. The van der Waals surface area contributed by atoms with Crippen molar-refractivity contribution in [2.45, 2.75) is 25.3 Å². The van der Waals surface area contributed by atoms with E-state index in [4.69, 9.17) is 0 Å². The second-order valence-corrected chi connectivity index (χ2v) is 7.96. The van der Waals surface area contributed by atoms with Gasteiger partial charge in [-0.2, -0.15) is 0 Å². The molecule has 0 spiro atoms. The lowest BCUT2D eigenvalue weighted by molar-refractivity contribution is 0.609. The van der Waals surface area contributed by atoms with Crippen LogP contribution in [-0.4, -0.2) is 0 Å². The summed E-state index contributed by atoms with van der Waals surface area (Å²) in [4.78, 5) is 1.53. The van der Waals surface area contributed by atoms with Crippen molar-refractivity contribution in [2.24, 2.45) is 0 Å². The van der Waals surface area contributed by atoms with Crippen LogP contribution in [0.1, 0.15) is 29.3 Å². The van der Waals surface area contributed by atoms with Crippen LogP contribution in [-0.2, 0) is 6.42 Å². The van der Waals surface area contributed by atoms with E-state index < -0.39 is 0 Å². The minimum atomic E-state index is 0.456. The van der Waals surface area contributed by atoms with Crippen molar-refractivity contribution in [1.82, 2.24) is 0 Å². The Hall–Kier alpha value is -0.320. The summed E-state index contributed by atoms with van der Waals surface area (Å²) in [7, 11) is 0. The molecule has 0 radical (unpaired) electrons. The van der Waals surface area contributed by atoms with Crippen molar-refractivity contribution in [2.75, 3.05) is 5.32 Å². The van der Waals surface area contributed by atoms with Gasteiger partial charge in [-0.05, 0) is 71.1 Å². The molecule has 1 atom stereocenters. The van der Waals surface area contributed by atoms with Gasteiger partial charge in [0.25, 0.3) is 0 Å². The monoisotopic (exact) mass is 385 g/mol. The quantitative estimate of drug-likeness (QED) is 0.691. The van der Waals surface area contributed by atoms with E-state index in [9.17, 15) is 0 Å². The highest BCUT2D eigenvalue weighted by Gasteiger charge is 2.22. The van der Waals surface area contributed by atoms with Crippen LogP contribution in [0.5, 0.6) is 0 Å². The summed E-state index contributed by atoms with van der Waals surface area (Å²) in [5.74, 6) is 0. The summed E-state index contributed by atoms with van der Waals surface area (Å²) in [5.41, 5.74) is 2.67. The smallest absolute Gasteiger partial charge is 0.0705 e. The molecule has 0 saturated heterocycles. The van der Waals surface area contributed by atoms with Gasteiger partial charge in [0.2, 0.25) is 0 Å². The molecule has 0 aliphatic heterocycles. The fraction of sp³-hybridized carbons (Fsp3) is 0.286. The van der Waals surface area contributed by atoms with Gasteiger partial charge in [-0.15, -0.1) is 11.3 Å². The Bertz CT molecular complexity index is 547. The summed E-state index contributed by atoms with van der Waals surface area (Å²) in [6.07, 6.45) is 3.71. The minimum absolute atomic E-state index is 0.456. The maximum atomic E-state index is 3.64. The number of halogens is 2. The molecule has 0 saturated carbocycles. The van der Waals surface area contributed by atoms with Gasteiger partial charge in [0, 0.05) is 15.0 Å². The van der Waals surface area contributed by atoms with Crippen LogP contribution in [0.15, 0.2) is 38.6 Å². The van der Waals surface area contributed by atoms with Gasteiger partial charge in [0.05, 0.1) is 9.83 Å². The van der Waals surface area contributed by atoms with Crippen molar-refractivity contribution in [3.63, 3.8) is 0 Å². The van der Waals surface area contributed by atoms with Gasteiger partial charge >= 0.3 is 0 Å². The van der Waals surface area contributed by atoms with Crippen LogP contribution in [0.4, 0.5) is 5.69 Å². The zero-order valence-electron chi connectivity index (χ0n) is 9.75. The average molecular weight is 387 g/mol. The zero-order chi connectivity index (χ0) is 12.5. The highest BCUT2D eigenvalue weighted by molar-refractivity contribution is 9.11. The molecule has 1 aliphatic rings. The van der Waals surface area contributed by atoms with Crippen LogP contribution in [0.25, 0.3) is 0 Å². The molecule has 1 aromatic heterocycles. The molecule has 0 bridgehead atoms. The minimum Gasteiger partial charge on any atom is -0.378 e. The molecule has 94 valence electrons. The van der Waals surface area contributed by atoms with Crippen LogP contribution in [0.3, 0.4) is 0 Å². The first-order valence-corrected chi connectivity index (χ1v) is 8.43. The fourth-order valence-electron chi connectivity index (χ4n) is 2.42. The number of fused-ring (bicyclic) bond motifs is 1. The Balaban J connectivity index is 1.83. The zero-order valence-corrected chi connectivity index (χ0v) is 13.7. The van der Waals surface area contributed by atoms with Gasteiger partial charge < -0.3 is 5.32 Å². The van der Waals surface area contributed by atoms with E-state index in [1.165, 1.54) is 39.2 Å². The lowest BCUT2D eigenvalue weighted by Gasteiger charge is -2.24. The molecule has 1 heterocycles. The van der Waals surface area contributed by atoms with Crippen molar-refractivity contribution in [3.05, 3.63) is 49.0 Å². The highest BCUT2D eigenvalue weighted by atomic mass is 79.9. The van der Waals surface area contributed by atoms with Crippen LogP contribution in [0, 0.1) is 0 Å². The molecule has 0 amide bonds. The van der Waals surface area contributed by atoms with Gasteiger partial charge in [-0.1, -0.05) is 15.9 Å². The summed E-state index contributed by atoms with van der Waals surface area (Å²) in [6.45, 7) is 0. The molecule has 1 nitrogen and oxygen atoms in total. The Labute approximate surface area is 128 Å². The van der Waals surface area contributed by atoms with Crippen molar-refractivity contribution in [3.8, 4) is 0 Å². The van der Waals surface area contributed by atoms with Gasteiger partial charge in [0.1, 0.15) is 0 Å². The fourth-order valence-corrected chi connectivity index (χ4v) is 4.50. The number of thiophene rings is 1. The van der Waals surface area contributed by atoms with Crippen molar-refractivity contribution >= 4 is 48.9 Å². The number of anilines is 1. The second-order valence-electron chi connectivity index (χ2n) is 4.53. The van der Waals surface area contributed by atoms with Crippen LogP contribution < -0.4 is 5.32 Å². The van der Waals surface area contributed by atoms with Crippen molar-refractivity contribution < 1.29 is 0 Å². The highest BCUT2D eigenvalue weighted by Crippen LogP contribution is 2.39. The number of rotatable bonds is 2. The third kappa shape index (κ3) is 2.65. The average Bonchev–Trinajstić information content (AvgIpc) is 2.73. The second kappa shape index (κ2) is 5.35. The molecule has 3 rings (SSSR count). The first kappa shape index (κ1) is 12.7. The Kier molecular flexibility index (Phi) is 3.78. The van der Waals surface area contributed by atoms with E-state index in [0.717, 1.165) is 4.47 Å². The maximum Gasteiger partial charge on any atom is 0.0705 e. The van der Waals surface area contributed by atoms with Gasteiger partial charge in [-0.25, -0.2) is 0 Å². The van der Waals surface area contributed by atoms with Crippen molar-refractivity contribution in [1.29, 1.82) is 0 Å². The molecule has 2 aromatic rings. The molecule has 1 aliphatic carbocycles. The molecule has 4 heteroatoms. The van der Waals surface area contributed by atoms with Gasteiger partial charge in [-0.3, -0.25) is 0 Å². The van der Waals surface area contributed by atoms with Crippen LogP contribution >= 0.6 is 43.2 Å². The van der Waals surface area contributed by atoms with E-state index in [-0.39, 0.29) is 0 Å².